The van der Waals surface area contributed by atoms with E-state index in [2.05, 4.69) is 31.9 Å². The molecule has 0 saturated carbocycles. The molecule has 1 aliphatic heterocycles. The molecule has 0 saturated heterocycles. The molecule has 0 aliphatic carbocycles. The molecule has 0 radical (unpaired) electrons. The van der Waals surface area contributed by atoms with Crippen molar-refractivity contribution in [2.24, 2.45) is 0 Å². The molecule has 0 bridgehead atoms. The van der Waals surface area contributed by atoms with E-state index in [-0.39, 0.29) is 0 Å². The van der Waals surface area contributed by atoms with E-state index in [1.807, 2.05) is 31.6 Å². The van der Waals surface area contributed by atoms with Crippen LogP contribution in [0.3, 0.4) is 0 Å². The van der Waals surface area contributed by atoms with Gasteiger partial charge in [0, 0.05) is 19.4 Å². The highest BCUT2D eigenvalue weighted by Gasteiger charge is 2.24. The van der Waals surface area contributed by atoms with Crippen LogP contribution in [-0.4, -0.2) is 23.7 Å². The second-order valence-corrected chi connectivity index (χ2v) is 3.82. The third kappa shape index (κ3) is 1.31. The van der Waals surface area contributed by atoms with Crippen LogP contribution in [0.25, 0.3) is 0 Å². The maximum Gasteiger partial charge on any atom is 0.153 e. The molecule has 16 heavy (non-hydrogen) atoms. The monoisotopic (exact) mass is 212 g/mol. The minimum absolute atomic E-state index is 0.817. The highest BCUT2D eigenvalue weighted by atomic mass is 15.4. The molecule has 1 aliphatic rings. The summed E-state index contributed by atoms with van der Waals surface area (Å²) in [6.07, 6.45) is 5.48. The molecule has 4 heteroatoms. The summed E-state index contributed by atoms with van der Waals surface area (Å²) in [5.74, 6) is 1.02. The van der Waals surface area contributed by atoms with Crippen molar-refractivity contribution in [1.82, 2.24) is 9.97 Å². The van der Waals surface area contributed by atoms with Crippen molar-refractivity contribution in [2.45, 2.75) is 0 Å². The van der Waals surface area contributed by atoms with Gasteiger partial charge in [0.2, 0.25) is 0 Å². The summed E-state index contributed by atoms with van der Waals surface area (Å²) >= 11 is 0. The fraction of sp³-hybridized carbons (Fsp3) is 0.167. The van der Waals surface area contributed by atoms with E-state index < -0.39 is 0 Å². The lowest BCUT2D eigenvalue weighted by atomic mass is 10.3. The molecule has 0 atom stereocenters. The highest BCUT2D eigenvalue weighted by molar-refractivity contribution is 5.78. The Hall–Kier alpha value is -2.10. The van der Waals surface area contributed by atoms with E-state index in [0.717, 1.165) is 23.9 Å². The third-order valence-corrected chi connectivity index (χ3v) is 2.73. The molecule has 4 nitrogen and oxygen atoms in total. The molecule has 0 fully saturated rings. The SMILES string of the molecule is CN1CN(c2cccnc2)c2cccnc21. The minimum atomic E-state index is 0.817. The summed E-state index contributed by atoms with van der Waals surface area (Å²) in [7, 11) is 2.04. The van der Waals surface area contributed by atoms with Crippen molar-refractivity contribution >= 4 is 17.2 Å². The number of rotatable bonds is 1. The van der Waals surface area contributed by atoms with E-state index in [1.54, 1.807) is 6.20 Å². The average molecular weight is 212 g/mol. The summed E-state index contributed by atoms with van der Waals surface area (Å²) in [4.78, 5) is 12.9. The first kappa shape index (κ1) is 9.15. The van der Waals surface area contributed by atoms with Gasteiger partial charge in [0.1, 0.15) is 0 Å². The fourth-order valence-electron chi connectivity index (χ4n) is 1.98. The first-order chi connectivity index (χ1) is 7.86. The Morgan fingerprint density at radius 3 is 2.88 bits per heavy atom. The molecule has 0 aromatic carbocycles. The minimum Gasteiger partial charge on any atom is -0.340 e. The molecule has 80 valence electrons. The van der Waals surface area contributed by atoms with Gasteiger partial charge in [-0.1, -0.05) is 0 Å². The largest absolute Gasteiger partial charge is 0.340 e. The molecule has 0 amide bonds. The average Bonchev–Trinajstić information content (AvgIpc) is 2.69. The van der Waals surface area contributed by atoms with Gasteiger partial charge in [-0.2, -0.15) is 0 Å². The van der Waals surface area contributed by atoms with Crippen LogP contribution >= 0.6 is 0 Å². The maximum absolute atomic E-state index is 4.38. The van der Waals surface area contributed by atoms with Crippen LogP contribution in [0.15, 0.2) is 42.9 Å². The second-order valence-electron chi connectivity index (χ2n) is 3.82. The lowest BCUT2D eigenvalue weighted by Crippen LogP contribution is -2.24. The summed E-state index contributed by atoms with van der Waals surface area (Å²) in [5, 5.41) is 0. The van der Waals surface area contributed by atoms with E-state index in [0.29, 0.717) is 0 Å². The summed E-state index contributed by atoms with van der Waals surface area (Å²) in [5.41, 5.74) is 2.24. The Morgan fingerprint density at radius 1 is 1.19 bits per heavy atom. The van der Waals surface area contributed by atoms with Crippen molar-refractivity contribution in [3.05, 3.63) is 42.9 Å². The standard InChI is InChI=1S/C12H12N4/c1-15-9-16(10-4-2-6-13-8-10)11-5-3-7-14-12(11)15/h2-8H,9H2,1H3. The molecular weight excluding hydrogens is 200 g/mol. The maximum atomic E-state index is 4.38. The molecule has 3 heterocycles. The predicted octanol–water partition coefficient (Wildman–Crippen LogP) is 2.02. The number of hydrogen-bond donors (Lipinski definition) is 0. The van der Waals surface area contributed by atoms with Gasteiger partial charge in [0.15, 0.2) is 5.82 Å². The van der Waals surface area contributed by atoms with Crippen LogP contribution in [0.2, 0.25) is 0 Å². The van der Waals surface area contributed by atoms with Crippen LogP contribution in [0.1, 0.15) is 0 Å². The highest BCUT2D eigenvalue weighted by Crippen LogP contribution is 2.37. The molecule has 2 aromatic rings. The lowest BCUT2D eigenvalue weighted by Gasteiger charge is -2.18. The van der Waals surface area contributed by atoms with Crippen LogP contribution in [0, 0.1) is 0 Å². The van der Waals surface area contributed by atoms with Crippen LogP contribution < -0.4 is 9.80 Å². The zero-order valence-corrected chi connectivity index (χ0v) is 9.04. The van der Waals surface area contributed by atoms with E-state index in [4.69, 9.17) is 0 Å². The number of pyridine rings is 2. The Balaban J connectivity index is 2.07. The lowest BCUT2D eigenvalue weighted by molar-refractivity contribution is 0.935. The third-order valence-electron chi connectivity index (χ3n) is 2.73. The first-order valence-corrected chi connectivity index (χ1v) is 5.20. The number of fused-ring (bicyclic) bond motifs is 1. The van der Waals surface area contributed by atoms with Gasteiger partial charge in [0.25, 0.3) is 0 Å². The normalized spacial score (nSPS) is 14.1. The number of aromatic nitrogens is 2. The molecule has 0 unspecified atom stereocenters. The Labute approximate surface area is 94.2 Å². The summed E-state index contributed by atoms with van der Waals surface area (Å²) in [6.45, 7) is 0.817. The van der Waals surface area contributed by atoms with Gasteiger partial charge in [0.05, 0.1) is 24.2 Å². The number of anilines is 3. The van der Waals surface area contributed by atoms with Gasteiger partial charge >= 0.3 is 0 Å². The number of hydrogen-bond acceptors (Lipinski definition) is 4. The van der Waals surface area contributed by atoms with E-state index in [1.165, 1.54) is 0 Å². The molecule has 0 N–H and O–H groups in total. The van der Waals surface area contributed by atoms with Crippen LogP contribution in [0.4, 0.5) is 17.2 Å². The second kappa shape index (κ2) is 3.48. The molecular formula is C12H12N4. The van der Waals surface area contributed by atoms with E-state index in [9.17, 15) is 0 Å². The smallest absolute Gasteiger partial charge is 0.153 e. The van der Waals surface area contributed by atoms with Gasteiger partial charge < -0.3 is 9.80 Å². The van der Waals surface area contributed by atoms with Gasteiger partial charge in [-0.3, -0.25) is 4.98 Å². The summed E-state index contributed by atoms with van der Waals surface area (Å²) < 4.78 is 0. The molecule has 3 rings (SSSR count). The quantitative estimate of drug-likeness (QED) is 0.724. The molecule has 2 aromatic heterocycles. The predicted molar refractivity (Wildman–Crippen MR) is 63.9 cm³/mol. The Morgan fingerprint density at radius 2 is 2.06 bits per heavy atom. The van der Waals surface area contributed by atoms with Crippen LogP contribution in [-0.2, 0) is 0 Å². The van der Waals surface area contributed by atoms with Gasteiger partial charge in [-0.25, -0.2) is 4.98 Å². The van der Waals surface area contributed by atoms with E-state index >= 15 is 0 Å². The van der Waals surface area contributed by atoms with Crippen molar-refractivity contribution in [2.75, 3.05) is 23.5 Å². The fourth-order valence-corrected chi connectivity index (χ4v) is 1.98. The Kier molecular flexibility index (Phi) is 1.99. The van der Waals surface area contributed by atoms with Crippen molar-refractivity contribution in [1.29, 1.82) is 0 Å². The zero-order valence-electron chi connectivity index (χ0n) is 9.04. The van der Waals surface area contributed by atoms with Crippen molar-refractivity contribution < 1.29 is 0 Å². The number of nitrogens with zero attached hydrogens (tertiary/aromatic N) is 4. The van der Waals surface area contributed by atoms with Gasteiger partial charge in [-0.05, 0) is 24.3 Å². The van der Waals surface area contributed by atoms with Crippen molar-refractivity contribution in [3.8, 4) is 0 Å². The van der Waals surface area contributed by atoms with Crippen LogP contribution in [0.5, 0.6) is 0 Å². The van der Waals surface area contributed by atoms with Gasteiger partial charge in [-0.15, -0.1) is 0 Å². The molecule has 0 spiro atoms. The first-order valence-electron chi connectivity index (χ1n) is 5.20. The summed E-state index contributed by atoms with van der Waals surface area (Å²) in [6, 6.07) is 8.05. The topological polar surface area (TPSA) is 32.3 Å². The zero-order chi connectivity index (χ0) is 11.0. The Bertz CT molecular complexity index is 497. The van der Waals surface area contributed by atoms with Crippen molar-refractivity contribution in [3.63, 3.8) is 0 Å².